The number of nitrogens with one attached hydrogen (secondary N) is 2. The molecule has 0 spiro atoms. The number of hydrogen-bond donors (Lipinski definition) is 2. The van der Waals surface area contributed by atoms with Gasteiger partial charge in [0.05, 0.1) is 0 Å². The molecule has 2 N–H and O–H groups in total. The first-order valence-corrected chi connectivity index (χ1v) is 11.7. The number of fused-ring (bicyclic) bond motifs is 1. The summed E-state index contributed by atoms with van der Waals surface area (Å²) in [6, 6.07) is 2.76. The maximum Gasteiger partial charge on any atom is 0.273 e. The highest BCUT2D eigenvalue weighted by Crippen LogP contribution is 2.29. The van der Waals surface area contributed by atoms with E-state index in [-0.39, 0.29) is 35.7 Å². The van der Waals surface area contributed by atoms with Crippen molar-refractivity contribution in [3.8, 4) is 0 Å². The fourth-order valence-corrected chi connectivity index (χ4v) is 4.82. The van der Waals surface area contributed by atoms with Crippen LogP contribution in [0.25, 0.3) is 10.3 Å². The van der Waals surface area contributed by atoms with E-state index in [9.17, 15) is 23.2 Å². The summed E-state index contributed by atoms with van der Waals surface area (Å²) in [5, 5.41) is 5.95. The highest BCUT2D eigenvalue weighted by Gasteiger charge is 2.27. The number of amides is 2. The van der Waals surface area contributed by atoms with E-state index in [0.717, 1.165) is 16.7 Å². The Labute approximate surface area is 197 Å². The number of carbonyl (C=O) groups excluding carboxylic acids is 2. The number of nitrogens with zero attached hydrogens (tertiary/aromatic N) is 4. The van der Waals surface area contributed by atoms with E-state index in [0.29, 0.717) is 41.8 Å². The van der Waals surface area contributed by atoms with Crippen molar-refractivity contribution in [3.63, 3.8) is 0 Å². The third-order valence-corrected chi connectivity index (χ3v) is 6.49. The zero-order valence-corrected chi connectivity index (χ0v) is 19.5. The first-order chi connectivity index (χ1) is 16.2. The molecule has 2 amide bonds. The zero-order valence-electron chi connectivity index (χ0n) is 18.7. The first-order valence-electron chi connectivity index (χ1n) is 10.9. The van der Waals surface area contributed by atoms with E-state index in [4.69, 9.17) is 0 Å². The molecule has 9 nitrogen and oxygen atoms in total. The van der Waals surface area contributed by atoms with Gasteiger partial charge in [-0.15, -0.1) is 0 Å². The molecule has 1 aliphatic heterocycles. The van der Waals surface area contributed by atoms with Crippen LogP contribution >= 0.6 is 11.3 Å². The lowest BCUT2D eigenvalue weighted by Gasteiger charge is -2.31. The normalized spacial score (nSPS) is 14.6. The van der Waals surface area contributed by atoms with Crippen molar-refractivity contribution >= 4 is 44.3 Å². The molecule has 0 saturated carbocycles. The van der Waals surface area contributed by atoms with Gasteiger partial charge >= 0.3 is 0 Å². The van der Waals surface area contributed by atoms with E-state index in [1.807, 2.05) is 18.7 Å². The highest BCUT2D eigenvalue weighted by molar-refractivity contribution is 7.22. The predicted molar refractivity (Wildman–Crippen MR) is 125 cm³/mol. The van der Waals surface area contributed by atoms with Gasteiger partial charge in [0.25, 0.3) is 5.56 Å². The van der Waals surface area contributed by atoms with Crippen LogP contribution in [0.5, 0.6) is 0 Å². The third-order valence-electron chi connectivity index (χ3n) is 5.40. The molecule has 2 aromatic heterocycles. The Hall–Kier alpha value is -3.41. The number of rotatable bonds is 6. The van der Waals surface area contributed by atoms with Crippen molar-refractivity contribution in [2.75, 3.05) is 23.3 Å². The fourth-order valence-electron chi connectivity index (χ4n) is 3.80. The largest absolute Gasteiger partial charge is 0.354 e. The van der Waals surface area contributed by atoms with Gasteiger partial charge in [0.1, 0.15) is 29.2 Å². The van der Waals surface area contributed by atoms with Crippen molar-refractivity contribution in [1.29, 1.82) is 0 Å². The molecule has 0 radical (unpaired) electrons. The van der Waals surface area contributed by atoms with Crippen LogP contribution in [0.2, 0.25) is 0 Å². The monoisotopic (exact) mass is 490 g/mol. The molecule has 34 heavy (non-hydrogen) atoms. The highest BCUT2D eigenvalue weighted by atomic mass is 32.1. The van der Waals surface area contributed by atoms with Gasteiger partial charge in [0, 0.05) is 36.8 Å². The number of benzene rings is 1. The summed E-state index contributed by atoms with van der Waals surface area (Å²) < 4.78 is 28.1. The standard InChI is InChI=1S/C22H24F2N6O3S/c1-12(2)26-20(32)13-3-5-29(6-4-13)22-28-19-18(34-22)21(33)30(11-25-19)10-17(31)27-16-8-14(23)7-15(24)9-16/h7-9,11-13H,3-6,10H2,1-2H3,(H,26,32)(H,27,31). The number of anilines is 2. The summed E-state index contributed by atoms with van der Waals surface area (Å²) >= 11 is 1.19. The van der Waals surface area contributed by atoms with Crippen LogP contribution in [0.3, 0.4) is 0 Å². The van der Waals surface area contributed by atoms with Crippen LogP contribution in [0.4, 0.5) is 19.6 Å². The minimum Gasteiger partial charge on any atom is -0.354 e. The lowest BCUT2D eigenvalue weighted by molar-refractivity contribution is -0.126. The Morgan fingerprint density at radius 3 is 2.50 bits per heavy atom. The van der Waals surface area contributed by atoms with E-state index < -0.39 is 23.1 Å². The molecular formula is C22H24F2N6O3S. The molecule has 3 heterocycles. The zero-order chi connectivity index (χ0) is 24.4. The molecule has 12 heteroatoms. The molecule has 0 atom stereocenters. The number of carbonyl (C=O) groups is 2. The predicted octanol–water partition coefficient (Wildman–Crippen LogP) is 2.51. The molecule has 4 rings (SSSR count). The lowest BCUT2D eigenvalue weighted by atomic mass is 9.96. The molecule has 0 aliphatic carbocycles. The van der Waals surface area contributed by atoms with Crippen LogP contribution in [0.1, 0.15) is 26.7 Å². The van der Waals surface area contributed by atoms with E-state index in [1.165, 1.54) is 17.7 Å². The second-order valence-electron chi connectivity index (χ2n) is 8.46. The smallest absolute Gasteiger partial charge is 0.273 e. The van der Waals surface area contributed by atoms with Gasteiger partial charge in [-0.3, -0.25) is 19.0 Å². The van der Waals surface area contributed by atoms with E-state index >= 15 is 0 Å². The van der Waals surface area contributed by atoms with Gasteiger partial charge < -0.3 is 15.5 Å². The van der Waals surface area contributed by atoms with Gasteiger partial charge in [-0.25, -0.2) is 13.8 Å². The summed E-state index contributed by atoms with van der Waals surface area (Å²) in [4.78, 5) is 48.1. The lowest BCUT2D eigenvalue weighted by Crippen LogP contribution is -2.42. The van der Waals surface area contributed by atoms with E-state index in [1.54, 1.807) is 0 Å². The van der Waals surface area contributed by atoms with Crippen molar-refractivity contribution in [2.45, 2.75) is 39.3 Å². The summed E-state index contributed by atoms with van der Waals surface area (Å²) in [5.74, 6) is -2.26. The van der Waals surface area contributed by atoms with Gasteiger partial charge in [-0.1, -0.05) is 11.3 Å². The van der Waals surface area contributed by atoms with Gasteiger partial charge in [0.15, 0.2) is 10.8 Å². The molecule has 3 aromatic rings. The molecule has 1 aromatic carbocycles. The number of hydrogen-bond acceptors (Lipinski definition) is 7. The molecule has 1 saturated heterocycles. The molecular weight excluding hydrogens is 466 g/mol. The minimum atomic E-state index is -0.822. The van der Waals surface area contributed by atoms with Gasteiger partial charge in [0.2, 0.25) is 11.8 Å². The second kappa shape index (κ2) is 9.84. The molecule has 0 bridgehead atoms. The second-order valence-corrected chi connectivity index (χ2v) is 9.44. The topological polar surface area (TPSA) is 109 Å². The van der Waals surface area contributed by atoms with Crippen molar-refractivity contribution < 1.29 is 18.4 Å². The Morgan fingerprint density at radius 1 is 1.18 bits per heavy atom. The summed E-state index contributed by atoms with van der Waals surface area (Å²) in [6.07, 6.45) is 2.60. The number of thiazole rings is 1. The number of halogens is 2. The van der Waals surface area contributed by atoms with Crippen LogP contribution in [0.15, 0.2) is 29.3 Å². The Morgan fingerprint density at radius 2 is 1.85 bits per heavy atom. The van der Waals surface area contributed by atoms with Crippen molar-refractivity contribution in [3.05, 3.63) is 46.5 Å². The van der Waals surface area contributed by atoms with Crippen LogP contribution in [-0.2, 0) is 16.1 Å². The average Bonchev–Trinajstić information content (AvgIpc) is 3.20. The Bertz CT molecular complexity index is 1260. The quantitative estimate of drug-likeness (QED) is 0.550. The SMILES string of the molecule is CC(C)NC(=O)C1CCN(c2nc3ncn(CC(=O)Nc4cc(F)cc(F)c4)c(=O)c3s2)CC1. The summed E-state index contributed by atoms with van der Waals surface area (Å²) in [5.41, 5.74) is -0.191. The van der Waals surface area contributed by atoms with Crippen molar-refractivity contribution in [1.82, 2.24) is 19.9 Å². The maximum absolute atomic E-state index is 13.3. The Kier molecular flexibility index (Phi) is 6.87. The average molecular weight is 491 g/mol. The summed E-state index contributed by atoms with van der Waals surface area (Å²) in [6.45, 7) is 4.76. The molecule has 180 valence electrons. The van der Waals surface area contributed by atoms with Crippen LogP contribution in [0, 0.1) is 17.6 Å². The minimum absolute atomic E-state index is 0.0462. The molecule has 1 fully saturated rings. The Balaban J connectivity index is 1.44. The van der Waals surface area contributed by atoms with Gasteiger partial charge in [-0.2, -0.15) is 4.98 Å². The van der Waals surface area contributed by atoms with E-state index in [2.05, 4.69) is 20.6 Å². The van der Waals surface area contributed by atoms with Gasteiger partial charge in [-0.05, 0) is 38.8 Å². The number of aromatic nitrogens is 3. The van der Waals surface area contributed by atoms with Crippen LogP contribution in [-0.4, -0.2) is 45.5 Å². The van der Waals surface area contributed by atoms with Crippen molar-refractivity contribution in [2.24, 2.45) is 5.92 Å². The molecule has 0 unspecified atom stereocenters. The fraction of sp³-hybridized carbons (Fsp3) is 0.409. The summed E-state index contributed by atoms with van der Waals surface area (Å²) in [7, 11) is 0. The maximum atomic E-state index is 13.3. The number of piperidine rings is 1. The van der Waals surface area contributed by atoms with Crippen LogP contribution < -0.4 is 21.1 Å². The first kappa shape index (κ1) is 23.7. The third kappa shape index (κ3) is 5.38. The molecule has 1 aliphatic rings.